The average molecular weight is 320 g/mol. The van der Waals surface area contributed by atoms with E-state index in [2.05, 4.69) is 11.4 Å². The fraction of sp³-hybridized carbons (Fsp3) is 0.263. The van der Waals surface area contributed by atoms with Crippen molar-refractivity contribution in [3.05, 3.63) is 52.6 Å². The number of nitrogens with two attached hydrogens (primary N) is 1. The summed E-state index contributed by atoms with van der Waals surface area (Å²) in [7, 11) is 1.61. The van der Waals surface area contributed by atoms with E-state index in [0.717, 1.165) is 35.2 Å². The number of fused-ring (bicyclic) bond motifs is 1. The molecule has 122 valence electrons. The first kappa shape index (κ1) is 15.9. The van der Waals surface area contributed by atoms with E-state index in [1.54, 1.807) is 14.0 Å². The van der Waals surface area contributed by atoms with Gasteiger partial charge in [0.2, 0.25) is 0 Å². The minimum Gasteiger partial charge on any atom is -0.495 e. The molecule has 0 aromatic heterocycles. The van der Waals surface area contributed by atoms with Crippen LogP contribution in [0.4, 0.5) is 11.4 Å². The molecule has 5 heteroatoms. The minimum absolute atomic E-state index is 0.157. The first-order chi connectivity index (χ1) is 11.5. The van der Waals surface area contributed by atoms with E-state index in [4.69, 9.17) is 15.9 Å². The summed E-state index contributed by atoms with van der Waals surface area (Å²) in [5.41, 5.74) is 11.5. The molecule has 0 fully saturated rings. The number of nitrogen functional groups attached to an aromatic ring is 1. The standard InChI is InChI=1S/C19H20N4O/c1-11(21)16-9-13(4-7-17(16)22)23-18-8-6-15-14(18)5-3-12(10-20)19(15)24-2/h3-5,7,9,18,21,23H,6,8,22H2,1-2H3. The van der Waals surface area contributed by atoms with E-state index in [0.29, 0.717) is 22.7 Å². The molecule has 0 aliphatic heterocycles. The Hall–Kier alpha value is -3.00. The number of rotatable bonds is 4. The van der Waals surface area contributed by atoms with Crippen LogP contribution in [0.2, 0.25) is 0 Å². The first-order valence-corrected chi connectivity index (χ1v) is 7.86. The molecule has 2 aromatic rings. The molecule has 1 aliphatic rings. The second-order valence-electron chi connectivity index (χ2n) is 5.99. The third kappa shape index (κ3) is 2.67. The summed E-state index contributed by atoms with van der Waals surface area (Å²) in [5.74, 6) is 0.688. The number of nitrogens with zero attached hydrogens (tertiary/aromatic N) is 1. The maximum Gasteiger partial charge on any atom is 0.140 e. The third-order valence-corrected chi connectivity index (χ3v) is 4.48. The maximum absolute atomic E-state index is 9.21. The Labute approximate surface area is 141 Å². The molecule has 4 N–H and O–H groups in total. The minimum atomic E-state index is 0.157. The van der Waals surface area contributed by atoms with Crippen LogP contribution in [0.3, 0.4) is 0 Å². The highest BCUT2D eigenvalue weighted by molar-refractivity contribution is 6.01. The molecule has 2 aromatic carbocycles. The monoisotopic (exact) mass is 320 g/mol. The molecule has 0 bridgehead atoms. The lowest BCUT2D eigenvalue weighted by Crippen LogP contribution is -2.09. The van der Waals surface area contributed by atoms with Crippen LogP contribution in [0.25, 0.3) is 0 Å². The van der Waals surface area contributed by atoms with Gasteiger partial charge in [0.1, 0.15) is 11.8 Å². The lowest BCUT2D eigenvalue weighted by Gasteiger charge is -2.18. The molecule has 5 nitrogen and oxygen atoms in total. The lowest BCUT2D eigenvalue weighted by molar-refractivity contribution is 0.409. The number of ether oxygens (including phenoxy) is 1. The predicted octanol–water partition coefficient (Wildman–Crippen LogP) is 3.64. The highest BCUT2D eigenvalue weighted by atomic mass is 16.5. The van der Waals surface area contributed by atoms with Crippen molar-refractivity contribution in [1.29, 1.82) is 10.7 Å². The smallest absolute Gasteiger partial charge is 0.140 e. The van der Waals surface area contributed by atoms with E-state index in [-0.39, 0.29) is 6.04 Å². The third-order valence-electron chi connectivity index (χ3n) is 4.48. The van der Waals surface area contributed by atoms with E-state index in [1.165, 1.54) is 0 Å². The van der Waals surface area contributed by atoms with Crippen molar-refractivity contribution in [2.45, 2.75) is 25.8 Å². The zero-order valence-corrected chi connectivity index (χ0v) is 13.8. The first-order valence-electron chi connectivity index (χ1n) is 7.86. The van der Waals surface area contributed by atoms with Gasteiger partial charge in [-0.2, -0.15) is 5.26 Å². The van der Waals surface area contributed by atoms with E-state index < -0.39 is 0 Å². The van der Waals surface area contributed by atoms with Crippen molar-refractivity contribution in [2.75, 3.05) is 18.2 Å². The normalized spacial score (nSPS) is 15.5. The quantitative estimate of drug-likeness (QED) is 0.592. The van der Waals surface area contributed by atoms with Crippen molar-refractivity contribution >= 4 is 17.1 Å². The number of hydrogen-bond acceptors (Lipinski definition) is 5. The van der Waals surface area contributed by atoms with Gasteiger partial charge >= 0.3 is 0 Å². The SMILES string of the molecule is COc1c(C#N)ccc2c1CCC2Nc1ccc(N)c(C(C)=N)c1. The van der Waals surface area contributed by atoms with Crippen LogP contribution in [-0.4, -0.2) is 12.8 Å². The number of nitrogens with one attached hydrogen (secondary N) is 2. The van der Waals surface area contributed by atoms with Crippen LogP contribution in [0.1, 0.15) is 41.6 Å². The fourth-order valence-corrected chi connectivity index (χ4v) is 3.31. The number of hydrogen-bond donors (Lipinski definition) is 3. The van der Waals surface area contributed by atoms with Gasteiger partial charge in [-0.05, 0) is 49.6 Å². The highest BCUT2D eigenvalue weighted by Gasteiger charge is 2.27. The molecule has 1 aliphatic carbocycles. The Bertz CT molecular complexity index is 851. The summed E-state index contributed by atoms with van der Waals surface area (Å²) in [6.07, 6.45) is 1.81. The van der Waals surface area contributed by atoms with Gasteiger partial charge in [-0.15, -0.1) is 0 Å². The predicted molar refractivity (Wildman–Crippen MR) is 95.8 cm³/mol. The van der Waals surface area contributed by atoms with Gasteiger partial charge in [0.15, 0.2) is 0 Å². The second kappa shape index (κ2) is 6.25. The Balaban J connectivity index is 1.92. The van der Waals surface area contributed by atoms with E-state index in [1.807, 2.05) is 30.3 Å². The molecular formula is C19H20N4O. The lowest BCUT2D eigenvalue weighted by atomic mass is 10.0. The summed E-state index contributed by atoms with van der Waals surface area (Å²) in [6, 6.07) is 11.8. The van der Waals surface area contributed by atoms with Crippen molar-refractivity contribution < 1.29 is 4.74 Å². The Kier molecular flexibility index (Phi) is 4.13. The van der Waals surface area contributed by atoms with Crippen molar-refractivity contribution in [2.24, 2.45) is 0 Å². The van der Waals surface area contributed by atoms with Crippen LogP contribution in [0.15, 0.2) is 30.3 Å². The van der Waals surface area contributed by atoms with Crippen LogP contribution in [0.5, 0.6) is 5.75 Å². The molecule has 0 saturated carbocycles. The van der Waals surface area contributed by atoms with Gasteiger partial charge in [-0.1, -0.05) is 6.07 Å². The molecule has 1 atom stereocenters. The number of anilines is 2. The van der Waals surface area contributed by atoms with Crippen LogP contribution in [0, 0.1) is 16.7 Å². The molecule has 0 amide bonds. The van der Waals surface area contributed by atoms with Gasteiger partial charge in [0, 0.05) is 28.2 Å². The summed E-state index contributed by atoms with van der Waals surface area (Å²) < 4.78 is 5.45. The van der Waals surface area contributed by atoms with Crippen LogP contribution in [-0.2, 0) is 6.42 Å². The average Bonchev–Trinajstić information content (AvgIpc) is 2.98. The highest BCUT2D eigenvalue weighted by Crippen LogP contribution is 2.40. The zero-order valence-electron chi connectivity index (χ0n) is 13.8. The largest absolute Gasteiger partial charge is 0.495 e. The molecule has 0 saturated heterocycles. The molecule has 24 heavy (non-hydrogen) atoms. The molecular weight excluding hydrogens is 300 g/mol. The van der Waals surface area contributed by atoms with E-state index >= 15 is 0 Å². The zero-order chi connectivity index (χ0) is 17.3. The van der Waals surface area contributed by atoms with Gasteiger partial charge in [0.25, 0.3) is 0 Å². The summed E-state index contributed by atoms with van der Waals surface area (Å²) >= 11 is 0. The number of nitriles is 1. The maximum atomic E-state index is 9.21. The molecule has 0 spiro atoms. The fourth-order valence-electron chi connectivity index (χ4n) is 3.31. The topological polar surface area (TPSA) is 94.9 Å². The molecule has 0 heterocycles. The second-order valence-corrected chi connectivity index (χ2v) is 5.99. The van der Waals surface area contributed by atoms with Gasteiger partial charge in [-0.25, -0.2) is 0 Å². The number of methoxy groups -OCH3 is 1. The molecule has 1 unspecified atom stereocenters. The number of benzene rings is 2. The Morgan fingerprint density at radius 1 is 1.38 bits per heavy atom. The summed E-state index contributed by atoms with van der Waals surface area (Å²) in [5, 5.41) is 20.5. The van der Waals surface area contributed by atoms with Crippen molar-refractivity contribution in [1.82, 2.24) is 0 Å². The van der Waals surface area contributed by atoms with Crippen LogP contribution >= 0.6 is 0 Å². The van der Waals surface area contributed by atoms with Crippen molar-refractivity contribution in [3.63, 3.8) is 0 Å². The van der Waals surface area contributed by atoms with Gasteiger partial charge in [-0.3, -0.25) is 0 Å². The molecule has 0 radical (unpaired) electrons. The van der Waals surface area contributed by atoms with Crippen LogP contribution < -0.4 is 15.8 Å². The summed E-state index contributed by atoms with van der Waals surface area (Å²) in [6.45, 7) is 1.73. The molecule has 3 rings (SSSR count). The summed E-state index contributed by atoms with van der Waals surface area (Å²) in [4.78, 5) is 0. The van der Waals surface area contributed by atoms with Crippen molar-refractivity contribution in [3.8, 4) is 11.8 Å². The van der Waals surface area contributed by atoms with E-state index in [9.17, 15) is 5.26 Å². The Morgan fingerprint density at radius 2 is 2.17 bits per heavy atom. The Morgan fingerprint density at radius 3 is 2.83 bits per heavy atom. The van der Waals surface area contributed by atoms with Gasteiger partial charge < -0.3 is 21.2 Å². The van der Waals surface area contributed by atoms with Gasteiger partial charge in [0.05, 0.1) is 18.7 Å².